The molecule has 112 valence electrons. The van der Waals surface area contributed by atoms with Crippen molar-refractivity contribution in [2.24, 2.45) is 0 Å². The van der Waals surface area contributed by atoms with E-state index >= 15 is 0 Å². The molecule has 0 aliphatic rings. The maximum atomic E-state index is 13.8. The van der Waals surface area contributed by atoms with Crippen molar-refractivity contribution in [3.63, 3.8) is 0 Å². The lowest BCUT2D eigenvalue weighted by Gasteiger charge is -2.14. The van der Waals surface area contributed by atoms with E-state index in [1.54, 1.807) is 6.07 Å². The zero-order valence-corrected chi connectivity index (χ0v) is 12.7. The first-order valence-electron chi connectivity index (χ1n) is 6.92. The molecule has 2 aromatic carbocycles. The van der Waals surface area contributed by atoms with Gasteiger partial charge < -0.3 is 15.0 Å². The third-order valence-electron chi connectivity index (χ3n) is 3.22. The van der Waals surface area contributed by atoms with Crippen LogP contribution in [0, 0.1) is 5.82 Å². The van der Waals surface area contributed by atoms with E-state index in [0.29, 0.717) is 12.1 Å². The second-order valence-corrected chi connectivity index (χ2v) is 5.14. The largest absolute Gasteiger partial charge is 0.489 e. The van der Waals surface area contributed by atoms with Gasteiger partial charge in [0.25, 0.3) is 0 Å². The van der Waals surface area contributed by atoms with E-state index in [4.69, 9.17) is 4.74 Å². The second kappa shape index (κ2) is 7.09. The van der Waals surface area contributed by atoms with Crippen molar-refractivity contribution in [3.8, 4) is 5.75 Å². The lowest BCUT2D eigenvalue weighted by atomic mass is 10.1. The number of halogens is 1. The third-order valence-corrected chi connectivity index (χ3v) is 3.22. The molecule has 0 radical (unpaired) electrons. The first-order chi connectivity index (χ1) is 10.1. The molecule has 1 N–H and O–H groups in total. The Labute approximate surface area is 125 Å². The Bertz CT molecular complexity index is 599. The van der Waals surface area contributed by atoms with Gasteiger partial charge in [0.2, 0.25) is 0 Å². The van der Waals surface area contributed by atoms with Gasteiger partial charge in [-0.2, -0.15) is 0 Å². The Hall–Kier alpha value is -2.07. The van der Waals surface area contributed by atoms with Crippen LogP contribution in [0.2, 0.25) is 0 Å². The van der Waals surface area contributed by atoms with Crippen LogP contribution in [0.1, 0.15) is 11.1 Å². The maximum absolute atomic E-state index is 13.8. The topological polar surface area (TPSA) is 24.5 Å². The van der Waals surface area contributed by atoms with E-state index in [1.165, 1.54) is 6.07 Å². The number of benzene rings is 2. The summed E-state index contributed by atoms with van der Waals surface area (Å²) in [4.78, 5) is 2.00. The highest BCUT2D eigenvalue weighted by molar-refractivity contribution is 5.49. The Morgan fingerprint density at radius 3 is 2.67 bits per heavy atom. The van der Waals surface area contributed by atoms with Crippen molar-refractivity contribution in [2.45, 2.75) is 13.2 Å². The van der Waals surface area contributed by atoms with Crippen LogP contribution in [-0.4, -0.2) is 21.1 Å². The summed E-state index contributed by atoms with van der Waals surface area (Å²) in [5.74, 6) is 0.498. The van der Waals surface area contributed by atoms with Gasteiger partial charge in [-0.25, -0.2) is 4.39 Å². The Kier molecular flexibility index (Phi) is 5.17. The van der Waals surface area contributed by atoms with Gasteiger partial charge in [-0.1, -0.05) is 12.1 Å². The molecule has 0 amide bonds. The summed E-state index contributed by atoms with van der Waals surface area (Å²) in [6.07, 6.45) is 0. The number of nitrogens with zero attached hydrogens (tertiary/aromatic N) is 1. The molecule has 0 unspecified atom stereocenters. The average molecular weight is 288 g/mol. The molecule has 0 saturated heterocycles. The van der Waals surface area contributed by atoms with E-state index < -0.39 is 0 Å². The monoisotopic (exact) mass is 288 g/mol. The van der Waals surface area contributed by atoms with E-state index in [2.05, 4.69) is 5.32 Å². The number of ether oxygens (including phenoxy) is 1. The summed E-state index contributed by atoms with van der Waals surface area (Å²) >= 11 is 0. The fourth-order valence-corrected chi connectivity index (χ4v) is 2.07. The van der Waals surface area contributed by atoms with Crippen molar-refractivity contribution in [1.29, 1.82) is 0 Å². The van der Waals surface area contributed by atoms with Gasteiger partial charge in [-0.3, -0.25) is 0 Å². The fraction of sp³-hybridized carbons (Fsp3) is 0.294. The molecule has 2 aromatic rings. The summed E-state index contributed by atoms with van der Waals surface area (Å²) in [6.45, 7) is 0.934. The van der Waals surface area contributed by atoms with Crippen LogP contribution >= 0.6 is 0 Å². The highest BCUT2D eigenvalue weighted by Crippen LogP contribution is 2.21. The van der Waals surface area contributed by atoms with Crippen molar-refractivity contribution in [1.82, 2.24) is 5.32 Å². The highest BCUT2D eigenvalue weighted by Gasteiger charge is 2.05. The van der Waals surface area contributed by atoms with Gasteiger partial charge in [0.15, 0.2) is 0 Å². The van der Waals surface area contributed by atoms with E-state index in [-0.39, 0.29) is 12.4 Å². The minimum atomic E-state index is -0.237. The molecule has 0 aliphatic carbocycles. The van der Waals surface area contributed by atoms with Crippen molar-refractivity contribution < 1.29 is 9.13 Å². The SMILES string of the molecule is CNCc1ccc(F)c(COc2cccc(N(C)C)c2)c1. The molecule has 0 atom stereocenters. The van der Waals surface area contributed by atoms with Gasteiger partial charge in [0, 0.05) is 38.0 Å². The molecule has 3 nitrogen and oxygen atoms in total. The normalized spacial score (nSPS) is 10.5. The summed E-state index contributed by atoms with van der Waals surface area (Å²) in [5.41, 5.74) is 2.66. The molecule has 21 heavy (non-hydrogen) atoms. The number of nitrogens with one attached hydrogen (secondary N) is 1. The summed E-state index contributed by atoms with van der Waals surface area (Å²) in [7, 11) is 5.81. The van der Waals surface area contributed by atoms with Crippen LogP contribution in [0.5, 0.6) is 5.75 Å². The lowest BCUT2D eigenvalue weighted by Crippen LogP contribution is -2.09. The number of hydrogen-bond acceptors (Lipinski definition) is 3. The molecule has 0 aromatic heterocycles. The summed E-state index contributed by atoms with van der Waals surface area (Å²) < 4.78 is 19.5. The smallest absolute Gasteiger partial charge is 0.129 e. The van der Waals surface area contributed by atoms with Gasteiger partial charge >= 0.3 is 0 Å². The summed E-state index contributed by atoms with van der Waals surface area (Å²) in [5, 5.41) is 3.06. The van der Waals surface area contributed by atoms with Crippen LogP contribution in [0.15, 0.2) is 42.5 Å². The molecule has 0 fully saturated rings. The minimum Gasteiger partial charge on any atom is -0.489 e. The second-order valence-electron chi connectivity index (χ2n) is 5.14. The standard InChI is InChI=1S/C17H21FN2O/c1-19-11-13-7-8-17(18)14(9-13)12-21-16-6-4-5-15(10-16)20(2)3/h4-10,19H,11-12H2,1-3H3. The van der Waals surface area contributed by atoms with Crippen molar-refractivity contribution >= 4 is 5.69 Å². The first-order valence-corrected chi connectivity index (χ1v) is 6.92. The lowest BCUT2D eigenvalue weighted by molar-refractivity contribution is 0.300. The molecular formula is C17H21FN2O. The van der Waals surface area contributed by atoms with Crippen LogP contribution in [0.25, 0.3) is 0 Å². The Morgan fingerprint density at radius 2 is 1.95 bits per heavy atom. The zero-order chi connectivity index (χ0) is 15.2. The Morgan fingerprint density at radius 1 is 1.14 bits per heavy atom. The minimum absolute atomic E-state index is 0.222. The van der Waals surface area contributed by atoms with Crippen LogP contribution in [0.3, 0.4) is 0 Å². The molecule has 2 rings (SSSR count). The molecule has 0 spiro atoms. The van der Waals surface area contributed by atoms with E-state index in [9.17, 15) is 4.39 Å². The van der Waals surface area contributed by atoms with E-state index in [1.807, 2.05) is 56.4 Å². The highest BCUT2D eigenvalue weighted by atomic mass is 19.1. The predicted molar refractivity (Wildman–Crippen MR) is 84.3 cm³/mol. The van der Waals surface area contributed by atoms with Gasteiger partial charge in [0.1, 0.15) is 18.2 Å². The zero-order valence-electron chi connectivity index (χ0n) is 12.7. The molecule has 0 heterocycles. The summed E-state index contributed by atoms with van der Waals surface area (Å²) in [6, 6.07) is 12.8. The van der Waals surface area contributed by atoms with E-state index in [0.717, 1.165) is 17.0 Å². The van der Waals surface area contributed by atoms with Crippen LogP contribution in [-0.2, 0) is 13.2 Å². The van der Waals surface area contributed by atoms with Crippen LogP contribution < -0.4 is 15.0 Å². The van der Waals surface area contributed by atoms with Gasteiger partial charge in [-0.15, -0.1) is 0 Å². The van der Waals surface area contributed by atoms with Crippen molar-refractivity contribution in [3.05, 3.63) is 59.4 Å². The van der Waals surface area contributed by atoms with Crippen molar-refractivity contribution in [2.75, 3.05) is 26.0 Å². The quantitative estimate of drug-likeness (QED) is 0.883. The molecule has 0 aliphatic heterocycles. The van der Waals surface area contributed by atoms with Crippen LogP contribution in [0.4, 0.5) is 10.1 Å². The number of rotatable bonds is 6. The average Bonchev–Trinajstić information content (AvgIpc) is 2.48. The maximum Gasteiger partial charge on any atom is 0.129 e. The molecule has 0 saturated carbocycles. The molecular weight excluding hydrogens is 267 g/mol. The third kappa shape index (κ3) is 4.20. The Balaban J connectivity index is 2.09. The first kappa shape index (κ1) is 15.3. The predicted octanol–water partition coefficient (Wildman–Crippen LogP) is 3.19. The molecule has 0 bridgehead atoms. The van der Waals surface area contributed by atoms with Gasteiger partial charge in [0.05, 0.1) is 0 Å². The molecule has 4 heteroatoms. The van der Waals surface area contributed by atoms with Gasteiger partial charge in [-0.05, 0) is 36.9 Å². The number of hydrogen-bond donors (Lipinski definition) is 1. The number of anilines is 1. The fourth-order valence-electron chi connectivity index (χ4n) is 2.07.